The van der Waals surface area contributed by atoms with Crippen molar-refractivity contribution in [2.75, 3.05) is 13.2 Å². The highest BCUT2D eigenvalue weighted by Gasteiger charge is 2.49. The first-order chi connectivity index (χ1) is 29.6. The fourth-order valence-corrected chi connectivity index (χ4v) is 8.74. The standard InChI is InChI=1S/C45H79O16P/c1-3-5-7-8-9-10-11-12-13-14-15-16-22-26-39(50)60-33-30-58-38(49)25-21-18-17-20-24-34-36(47)29-37(48)35(28-27-32(46)23-19-6-4-2)41(52)43(54)45(44(55)42(53)40(34)51)61-62(56,57)59-31-33/h17,20,27-28,32-36,40-47,51-55H,3-16,18-19,21-26,29-31H2,1-2H3,(H,56,57)/b20-17-,28-27+/t32-,33+,34-,35-,36-,40+,41+,42-,43+,44+,45+/m0/s1. The molecule has 0 aromatic heterocycles. The number of phosphoric acid groups is 1. The molecule has 17 heteroatoms. The molecular formula is C45H79O16P. The Bertz CT molecular complexity index is 1360. The van der Waals surface area contributed by atoms with Crippen LogP contribution in [0.2, 0.25) is 0 Å². The number of aliphatic hydroxyl groups is 7. The predicted octanol–water partition coefficient (Wildman–Crippen LogP) is 5.42. The minimum absolute atomic E-state index is 0.0280. The van der Waals surface area contributed by atoms with Crippen LogP contribution in [0.15, 0.2) is 24.3 Å². The van der Waals surface area contributed by atoms with Crippen LogP contribution in [0.25, 0.3) is 0 Å². The van der Waals surface area contributed by atoms with Gasteiger partial charge in [0.15, 0.2) is 6.10 Å². The maximum Gasteiger partial charge on any atom is 0.472 e. The lowest BCUT2D eigenvalue weighted by Gasteiger charge is -2.36. The molecule has 2 aliphatic rings. The van der Waals surface area contributed by atoms with E-state index in [-0.39, 0.29) is 19.3 Å². The third-order valence-electron chi connectivity index (χ3n) is 11.7. The van der Waals surface area contributed by atoms with Crippen molar-refractivity contribution in [2.24, 2.45) is 11.8 Å². The molecule has 62 heavy (non-hydrogen) atoms. The van der Waals surface area contributed by atoms with E-state index in [0.717, 1.165) is 44.6 Å². The number of phosphoric ester groups is 1. The number of fused-ring (bicyclic) bond motifs is 4. The van der Waals surface area contributed by atoms with Gasteiger partial charge in [0.2, 0.25) is 0 Å². The van der Waals surface area contributed by atoms with E-state index in [1.807, 2.05) is 6.92 Å². The van der Waals surface area contributed by atoms with Gasteiger partial charge in [-0.15, -0.1) is 0 Å². The van der Waals surface area contributed by atoms with Gasteiger partial charge in [-0.3, -0.25) is 23.4 Å². The van der Waals surface area contributed by atoms with E-state index in [9.17, 15) is 59.6 Å². The van der Waals surface area contributed by atoms with Crippen LogP contribution < -0.4 is 0 Å². The van der Waals surface area contributed by atoms with Gasteiger partial charge >= 0.3 is 19.8 Å². The van der Waals surface area contributed by atoms with E-state index >= 15 is 0 Å². The third kappa shape index (κ3) is 22.2. The Balaban J connectivity index is 2.25. The normalized spacial score (nSPS) is 32.4. The summed E-state index contributed by atoms with van der Waals surface area (Å²) in [4.78, 5) is 50.1. The Morgan fingerprint density at radius 2 is 1.37 bits per heavy atom. The first kappa shape index (κ1) is 56.1. The van der Waals surface area contributed by atoms with E-state index in [0.29, 0.717) is 32.1 Å². The third-order valence-corrected chi connectivity index (χ3v) is 12.7. The average Bonchev–Trinajstić information content (AvgIpc) is 3.23. The van der Waals surface area contributed by atoms with Crippen LogP contribution in [0.4, 0.5) is 0 Å². The zero-order valence-corrected chi connectivity index (χ0v) is 38.0. The van der Waals surface area contributed by atoms with E-state index < -0.39 is 112 Å². The van der Waals surface area contributed by atoms with Crippen molar-refractivity contribution < 1.29 is 78.1 Å². The van der Waals surface area contributed by atoms with E-state index in [2.05, 4.69) is 6.92 Å². The molecular weight excluding hydrogens is 827 g/mol. The number of ether oxygens (including phenoxy) is 2. The number of hydrogen-bond acceptors (Lipinski definition) is 15. The minimum atomic E-state index is -5.46. The number of carbonyl (C=O) groups is 3. The highest BCUT2D eigenvalue weighted by atomic mass is 31.2. The van der Waals surface area contributed by atoms with Crippen molar-refractivity contribution in [1.82, 2.24) is 0 Å². The summed E-state index contributed by atoms with van der Waals surface area (Å²) >= 11 is 0. The topological polar surface area (TPSA) is 267 Å². The largest absolute Gasteiger partial charge is 0.472 e. The van der Waals surface area contributed by atoms with Gasteiger partial charge in [-0.25, -0.2) is 4.57 Å². The molecule has 0 aromatic carbocycles. The monoisotopic (exact) mass is 907 g/mol. The van der Waals surface area contributed by atoms with Crippen molar-refractivity contribution in [3.8, 4) is 0 Å². The first-order valence-electron chi connectivity index (χ1n) is 23.2. The Morgan fingerprint density at radius 3 is 2.00 bits per heavy atom. The molecule has 1 aliphatic carbocycles. The number of allylic oxidation sites excluding steroid dienone is 2. The zero-order chi connectivity index (χ0) is 45.9. The Labute approximate surface area is 368 Å². The molecule has 360 valence electrons. The van der Waals surface area contributed by atoms with Gasteiger partial charge in [-0.05, 0) is 32.1 Å². The molecule has 2 rings (SSSR count). The molecule has 1 saturated carbocycles. The second-order valence-corrected chi connectivity index (χ2v) is 18.5. The Morgan fingerprint density at radius 1 is 0.790 bits per heavy atom. The number of ketones is 1. The molecule has 8 N–H and O–H groups in total. The molecule has 0 radical (unpaired) electrons. The van der Waals surface area contributed by atoms with Gasteiger partial charge in [-0.2, -0.15) is 0 Å². The van der Waals surface area contributed by atoms with Crippen LogP contribution in [-0.2, 0) is 37.5 Å². The van der Waals surface area contributed by atoms with Crippen molar-refractivity contribution in [2.45, 2.75) is 216 Å². The number of Topliss-reactive ketones (excluding diaryl/α,β-unsaturated/α-hetero) is 1. The summed E-state index contributed by atoms with van der Waals surface area (Å²) in [7, 11) is -5.46. The maximum absolute atomic E-state index is 13.7. The van der Waals surface area contributed by atoms with Crippen LogP contribution >= 0.6 is 7.82 Å². The molecule has 1 fully saturated rings. The molecule has 12 atom stereocenters. The summed E-state index contributed by atoms with van der Waals surface area (Å²) in [5.74, 6) is -5.15. The molecule has 0 aromatic rings. The molecule has 0 spiro atoms. The number of unbranched alkanes of at least 4 members (excludes halogenated alkanes) is 14. The lowest BCUT2D eigenvalue weighted by Crippen LogP contribution is -2.55. The summed E-state index contributed by atoms with van der Waals surface area (Å²) in [6, 6.07) is 0. The summed E-state index contributed by atoms with van der Waals surface area (Å²) in [6.45, 7) is 2.78. The van der Waals surface area contributed by atoms with E-state index in [4.69, 9.17) is 18.5 Å². The molecule has 1 heterocycles. The molecule has 1 unspecified atom stereocenters. The lowest BCUT2D eigenvalue weighted by atomic mass is 9.83. The summed E-state index contributed by atoms with van der Waals surface area (Å²) in [5, 5.41) is 78.4. The molecule has 16 nitrogen and oxygen atoms in total. The van der Waals surface area contributed by atoms with Crippen LogP contribution in [-0.4, -0.2) is 127 Å². The minimum Gasteiger partial charge on any atom is -0.462 e. The van der Waals surface area contributed by atoms with Crippen LogP contribution in [0.1, 0.15) is 162 Å². The fourth-order valence-electron chi connectivity index (χ4n) is 7.76. The van der Waals surface area contributed by atoms with Crippen LogP contribution in [0.5, 0.6) is 0 Å². The van der Waals surface area contributed by atoms with Crippen molar-refractivity contribution in [3.05, 3.63) is 24.3 Å². The van der Waals surface area contributed by atoms with Crippen molar-refractivity contribution in [3.63, 3.8) is 0 Å². The van der Waals surface area contributed by atoms with Gasteiger partial charge < -0.3 is 50.1 Å². The molecule has 0 amide bonds. The lowest BCUT2D eigenvalue weighted by molar-refractivity contribution is -0.166. The highest BCUT2D eigenvalue weighted by molar-refractivity contribution is 7.47. The number of cyclic esters (lactones) is 1. The molecule has 1 aliphatic heterocycles. The highest BCUT2D eigenvalue weighted by Crippen LogP contribution is 2.47. The summed E-state index contributed by atoms with van der Waals surface area (Å²) in [5.41, 5.74) is 0. The summed E-state index contributed by atoms with van der Waals surface area (Å²) in [6.07, 6.45) is 4.74. The van der Waals surface area contributed by atoms with Crippen molar-refractivity contribution >= 4 is 25.5 Å². The molecule has 2 bridgehead atoms. The van der Waals surface area contributed by atoms with Gasteiger partial charge in [0.1, 0.15) is 36.8 Å². The van der Waals surface area contributed by atoms with Gasteiger partial charge in [0.05, 0.1) is 36.9 Å². The van der Waals surface area contributed by atoms with Crippen LogP contribution in [0, 0.1) is 11.8 Å². The maximum atomic E-state index is 13.7. The number of esters is 2. The zero-order valence-electron chi connectivity index (χ0n) is 37.1. The number of rotatable bonds is 21. The first-order valence-corrected chi connectivity index (χ1v) is 24.7. The number of carbonyl (C=O) groups excluding carboxylic acids is 3. The second kappa shape index (κ2) is 31.7. The SMILES string of the molecule is CCCCCCCCCCCCCCCC(=O)O[C@@H]1COC(=O)CCC/C=C\C[C@@H]2[C@@H](O)[C@H](O)[C@@H](O)[C@H](OP(=O)(O)OC1)[C@H](O)[C@H](O)[C@@H](/C=C/[C@@H](O)CCCCC)C(=O)C[C@@H]2O. The predicted molar refractivity (Wildman–Crippen MR) is 231 cm³/mol. The van der Waals surface area contributed by atoms with Gasteiger partial charge in [0.25, 0.3) is 0 Å². The van der Waals surface area contributed by atoms with E-state index in [1.165, 1.54) is 57.4 Å². The number of aliphatic hydroxyl groups excluding tert-OH is 7. The van der Waals surface area contributed by atoms with Crippen molar-refractivity contribution in [1.29, 1.82) is 0 Å². The Kier molecular flexibility index (Phi) is 28.7. The summed E-state index contributed by atoms with van der Waals surface area (Å²) < 4.78 is 34.6. The van der Waals surface area contributed by atoms with Gasteiger partial charge in [-0.1, -0.05) is 134 Å². The van der Waals surface area contributed by atoms with Crippen LogP contribution in [0.3, 0.4) is 0 Å². The Hall–Kier alpha value is -2.08. The second-order valence-electron chi connectivity index (χ2n) is 17.0. The van der Waals surface area contributed by atoms with E-state index in [1.54, 1.807) is 12.2 Å². The molecule has 0 saturated heterocycles. The smallest absolute Gasteiger partial charge is 0.462 e. The number of hydrogen-bond donors (Lipinski definition) is 8. The van der Waals surface area contributed by atoms with Gasteiger partial charge in [0, 0.05) is 25.2 Å². The fraction of sp³-hybridized carbons (Fsp3) is 0.844. The quantitative estimate of drug-likeness (QED) is 0.0309. The average molecular weight is 907 g/mol.